The molecule has 9 heteroatoms. The summed E-state index contributed by atoms with van der Waals surface area (Å²) in [6.45, 7) is 6.19. The van der Waals surface area contributed by atoms with Gasteiger partial charge in [0, 0.05) is 46.0 Å². The van der Waals surface area contributed by atoms with E-state index in [1.54, 1.807) is 27.1 Å². The Morgan fingerprint density at radius 3 is 2.33 bits per heavy atom. The Bertz CT molecular complexity index is 1240. The minimum atomic E-state index is -3.66. The molecule has 3 rings (SSSR count). The van der Waals surface area contributed by atoms with Crippen molar-refractivity contribution < 1.29 is 17.9 Å². The highest BCUT2D eigenvalue weighted by Gasteiger charge is 2.27. The average molecular weight is 559 g/mol. The molecular weight excluding hydrogens is 512 g/mol. The first kappa shape index (κ1) is 30.8. The summed E-state index contributed by atoms with van der Waals surface area (Å²) in [7, 11) is 3.68. The molecule has 0 radical (unpaired) electrons. The number of rotatable bonds is 11. The SMILES string of the molecule is COc1cc(C)c(S(=O)(=O)N(C)CCCNC(=O)NC2CCC(Cc3ccccc3N(C)C)CC2)c(C)c1C. The second-order valence-electron chi connectivity index (χ2n) is 11.0. The molecule has 0 saturated heterocycles. The second kappa shape index (κ2) is 13.5. The van der Waals surface area contributed by atoms with E-state index in [0.29, 0.717) is 47.2 Å². The molecule has 0 atom stereocenters. The van der Waals surface area contributed by atoms with E-state index in [1.807, 2.05) is 13.8 Å². The molecule has 2 amide bonds. The third-order valence-corrected chi connectivity index (χ3v) is 10.1. The summed E-state index contributed by atoms with van der Waals surface area (Å²) in [5, 5.41) is 6.01. The quantitative estimate of drug-likeness (QED) is 0.387. The highest BCUT2D eigenvalue weighted by atomic mass is 32.2. The second-order valence-corrected chi connectivity index (χ2v) is 13.0. The van der Waals surface area contributed by atoms with Crippen LogP contribution < -0.4 is 20.3 Å². The number of carbonyl (C=O) groups is 1. The number of para-hydroxylation sites is 1. The van der Waals surface area contributed by atoms with Crippen molar-refractivity contribution in [1.29, 1.82) is 0 Å². The van der Waals surface area contributed by atoms with Gasteiger partial charge in [-0.2, -0.15) is 0 Å². The largest absolute Gasteiger partial charge is 0.496 e. The van der Waals surface area contributed by atoms with Crippen LogP contribution in [0.2, 0.25) is 0 Å². The van der Waals surface area contributed by atoms with Crippen molar-refractivity contribution in [2.45, 2.75) is 70.2 Å². The Morgan fingerprint density at radius 2 is 1.69 bits per heavy atom. The first-order chi connectivity index (χ1) is 18.4. The number of anilines is 1. The summed E-state index contributed by atoms with van der Waals surface area (Å²) in [5.41, 5.74) is 4.85. The highest BCUT2D eigenvalue weighted by Crippen LogP contribution is 2.32. The summed E-state index contributed by atoms with van der Waals surface area (Å²) in [4.78, 5) is 15.0. The number of amides is 2. The number of sulfonamides is 1. The van der Waals surface area contributed by atoms with Crippen LogP contribution in [0.4, 0.5) is 10.5 Å². The molecule has 216 valence electrons. The minimum absolute atomic E-state index is 0.178. The number of methoxy groups -OCH3 is 1. The lowest BCUT2D eigenvalue weighted by molar-refractivity contribution is 0.226. The van der Waals surface area contributed by atoms with Gasteiger partial charge in [-0.3, -0.25) is 0 Å². The van der Waals surface area contributed by atoms with Crippen LogP contribution in [0.15, 0.2) is 35.2 Å². The molecule has 0 aliphatic heterocycles. The van der Waals surface area contributed by atoms with Crippen LogP contribution in [0.25, 0.3) is 0 Å². The molecule has 0 aromatic heterocycles. The van der Waals surface area contributed by atoms with Gasteiger partial charge in [0.05, 0.1) is 12.0 Å². The van der Waals surface area contributed by atoms with Crippen molar-refractivity contribution >= 4 is 21.7 Å². The molecule has 8 nitrogen and oxygen atoms in total. The van der Waals surface area contributed by atoms with Gasteiger partial charge in [0.25, 0.3) is 0 Å². The number of aryl methyl sites for hydroxylation is 1. The zero-order chi connectivity index (χ0) is 28.7. The number of nitrogens with one attached hydrogen (secondary N) is 2. The Hall–Kier alpha value is -2.78. The lowest BCUT2D eigenvalue weighted by Gasteiger charge is -2.30. The van der Waals surface area contributed by atoms with Gasteiger partial charge in [-0.25, -0.2) is 17.5 Å². The van der Waals surface area contributed by atoms with Crippen molar-refractivity contribution in [3.63, 3.8) is 0 Å². The number of carbonyl (C=O) groups excluding carboxylic acids is 1. The van der Waals surface area contributed by atoms with Gasteiger partial charge in [0.1, 0.15) is 5.75 Å². The number of ether oxygens (including phenoxy) is 1. The predicted octanol–water partition coefficient (Wildman–Crippen LogP) is 4.80. The predicted molar refractivity (Wildman–Crippen MR) is 158 cm³/mol. The summed E-state index contributed by atoms with van der Waals surface area (Å²) >= 11 is 0. The lowest BCUT2D eigenvalue weighted by atomic mass is 9.82. The summed E-state index contributed by atoms with van der Waals surface area (Å²) in [6, 6.07) is 10.3. The van der Waals surface area contributed by atoms with Gasteiger partial charge in [0.2, 0.25) is 10.0 Å². The third kappa shape index (κ3) is 7.66. The van der Waals surface area contributed by atoms with Crippen molar-refractivity contribution in [2.24, 2.45) is 5.92 Å². The van der Waals surface area contributed by atoms with Crippen molar-refractivity contribution in [1.82, 2.24) is 14.9 Å². The number of benzene rings is 2. The average Bonchev–Trinajstić information content (AvgIpc) is 2.89. The fraction of sp³-hybridized carbons (Fsp3) is 0.567. The molecule has 2 N–H and O–H groups in total. The van der Waals surface area contributed by atoms with E-state index in [0.717, 1.165) is 37.7 Å². The van der Waals surface area contributed by atoms with Gasteiger partial charge in [-0.15, -0.1) is 0 Å². The zero-order valence-electron chi connectivity index (χ0n) is 24.6. The summed E-state index contributed by atoms with van der Waals surface area (Å²) in [6.07, 6.45) is 5.73. The zero-order valence-corrected chi connectivity index (χ0v) is 25.5. The fourth-order valence-electron chi connectivity index (χ4n) is 5.59. The van der Waals surface area contributed by atoms with Crippen molar-refractivity contribution in [3.8, 4) is 5.75 Å². The van der Waals surface area contributed by atoms with Gasteiger partial charge in [-0.1, -0.05) is 18.2 Å². The molecule has 0 unspecified atom stereocenters. The molecule has 0 heterocycles. The molecule has 39 heavy (non-hydrogen) atoms. The van der Waals surface area contributed by atoms with E-state index < -0.39 is 10.0 Å². The van der Waals surface area contributed by atoms with E-state index in [4.69, 9.17) is 4.74 Å². The Labute approximate surface area is 235 Å². The summed E-state index contributed by atoms with van der Waals surface area (Å²) in [5.74, 6) is 1.32. The Balaban J connectivity index is 1.42. The van der Waals surface area contributed by atoms with E-state index in [9.17, 15) is 13.2 Å². The maximum absolute atomic E-state index is 13.3. The number of hydrogen-bond acceptors (Lipinski definition) is 5. The van der Waals surface area contributed by atoms with E-state index >= 15 is 0 Å². The maximum Gasteiger partial charge on any atom is 0.315 e. The molecule has 2 aromatic rings. The smallest absolute Gasteiger partial charge is 0.315 e. The third-order valence-electron chi connectivity index (χ3n) is 7.97. The van der Waals surface area contributed by atoms with Crippen LogP contribution in [0, 0.1) is 26.7 Å². The molecule has 0 bridgehead atoms. The normalized spacial score (nSPS) is 17.6. The molecule has 2 aromatic carbocycles. The monoisotopic (exact) mass is 558 g/mol. The molecule has 0 spiro atoms. The van der Waals surface area contributed by atoms with Crippen LogP contribution in [-0.4, -0.2) is 66.1 Å². The number of nitrogens with zero attached hydrogens (tertiary/aromatic N) is 2. The first-order valence-electron chi connectivity index (χ1n) is 13.9. The van der Waals surface area contributed by atoms with Crippen molar-refractivity contribution in [3.05, 3.63) is 52.6 Å². The number of urea groups is 1. The maximum atomic E-state index is 13.3. The van der Waals surface area contributed by atoms with E-state index in [-0.39, 0.29) is 12.1 Å². The van der Waals surface area contributed by atoms with Crippen LogP contribution in [0.1, 0.15) is 54.4 Å². The number of hydrogen-bond donors (Lipinski definition) is 2. The Kier molecular flexibility index (Phi) is 10.7. The highest BCUT2D eigenvalue weighted by molar-refractivity contribution is 7.89. The molecular formula is C30H46N4O4S. The Morgan fingerprint density at radius 1 is 1.03 bits per heavy atom. The first-order valence-corrected chi connectivity index (χ1v) is 15.3. The van der Waals surface area contributed by atoms with Gasteiger partial charge in [0.15, 0.2) is 0 Å². The van der Waals surface area contributed by atoms with Crippen LogP contribution in [-0.2, 0) is 16.4 Å². The van der Waals surface area contributed by atoms with Gasteiger partial charge < -0.3 is 20.3 Å². The van der Waals surface area contributed by atoms with Crippen molar-refractivity contribution in [2.75, 3.05) is 46.2 Å². The lowest BCUT2D eigenvalue weighted by Crippen LogP contribution is -2.44. The van der Waals surface area contributed by atoms with Crippen LogP contribution in [0.3, 0.4) is 0 Å². The standard InChI is InChI=1S/C30H46N4O4S/c1-21-19-28(38-7)22(2)23(3)29(21)39(36,37)34(6)18-10-17-31-30(35)32-26-15-13-24(14-16-26)20-25-11-8-9-12-27(25)33(4)5/h8-9,11-12,19,24,26H,10,13-18,20H2,1-7H3,(H2,31,32,35). The molecule has 1 aliphatic carbocycles. The van der Waals surface area contributed by atoms with Crippen LogP contribution in [0.5, 0.6) is 5.75 Å². The molecule has 1 saturated carbocycles. The van der Waals surface area contributed by atoms with Crippen LogP contribution >= 0.6 is 0 Å². The fourth-order valence-corrected chi connectivity index (χ4v) is 7.27. The molecule has 1 aliphatic rings. The topological polar surface area (TPSA) is 91.0 Å². The molecule has 1 fully saturated rings. The van der Waals surface area contributed by atoms with Gasteiger partial charge in [-0.05, 0) is 99.6 Å². The minimum Gasteiger partial charge on any atom is -0.496 e. The van der Waals surface area contributed by atoms with Gasteiger partial charge >= 0.3 is 6.03 Å². The van der Waals surface area contributed by atoms with E-state index in [1.165, 1.54) is 15.6 Å². The summed E-state index contributed by atoms with van der Waals surface area (Å²) < 4.78 is 33.3. The van der Waals surface area contributed by atoms with E-state index in [2.05, 4.69) is 53.9 Å².